The molecule has 0 bridgehead atoms. The van der Waals surface area contributed by atoms with Crippen molar-refractivity contribution in [3.05, 3.63) is 84.1 Å². The predicted octanol–water partition coefficient (Wildman–Crippen LogP) is 5.25. The lowest BCUT2D eigenvalue weighted by molar-refractivity contribution is 0.102. The fourth-order valence-corrected chi connectivity index (χ4v) is 3.13. The number of ether oxygens (including phenoxy) is 1. The van der Waals surface area contributed by atoms with Crippen molar-refractivity contribution in [2.45, 2.75) is 6.92 Å². The average Bonchev–Trinajstić information content (AvgIpc) is 2.76. The van der Waals surface area contributed by atoms with Gasteiger partial charge in [0.25, 0.3) is 5.91 Å². The number of aromatic nitrogens is 1. The van der Waals surface area contributed by atoms with Gasteiger partial charge in [-0.1, -0.05) is 17.7 Å². The molecule has 4 rings (SSSR count). The van der Waals surface area contributed by atoms with Gasteiger partial charge < -0.3 is 20.5 Å². The third-order valence-corrected chi connectivity index (χ3v) is 4.79. The Labute approximate surface area is 174 Å². The highest BCUT2D eigenvalue weighted by Crippen LogP contribution is 2.32. The number of carbonyl (C=O) groups excluding carboxylic acids is 1. The van der Waals surface area contributed by atoms with E-state index in [-0.39, 0.29) is 11.7 Å². The first-order valence-electron chi connectivity index (χ1n) is 9.44. The molecule has 0 aliphatic rings. The molecular weight excluding hydrogens is 378 g/mol. The quantitative estimate of drug-likeness (QED) is 0.399. The Kier molecular flexibility index (Phi) is 5.22. The Morgan fingerprint density at radius 3 is 2.50 bits per heavy atom. The maximum absolute atomic E-state index is 12.4. The fraction of sp³-hybridized carbons (Fsp3) is 0.0833. The van der Waals surface area contributed by atoms with Crippen LogP contribution in [0.15, 0.2) is 72.9 Å². The van der Waals surface area contributed by atoms with E-state index in [4.69, 9.17) is 4.74 Å². The van der Waals surface area contributed by atoms with Crippen molar-refractivity contribution >= 4 is 33.9 Å². The highest BCUT2D eigenvalue weighted by atomic mass is 16.5. The number of methoxy groups -OCH3 is 1. The second kappa shape index (κ2) is 8.13. The Bertz CT molecular complexity index is 1220. The summed E-state index contributed by atoms with van der Waals surface area (Å²) in [5.74, 6) is 0.421. The van der Waals surface area contributed by atoms with Gasteiger partial charge in [-0.25, -0.2) is 0 Å². The molecule has 1 amide bonds. The van der Waals surface area contributed by atoms with Crippen LogP contribution in [0.3, 0.4) is 0 Å². The molecular formula is C24H21N3O3. The summed E-state index contributed by atoms with van der Waals surface area (Å²) in [6, 6.07) is 19.8. The van der Waals surface area contributed by atoms with Gasteiger partial charge in [0.1, 0.15) is 11.5 Å². The summed E-state index contributed by atoms with van der Waals surface area (Å²) in [4.78, 5) is 16.8. The van der Waals surface area contributed by atoms with Crippen LogP contribution in [0.4, 0.5) is 17.1 Å². The number of amides is 1. The summed E-state index contributed by atoms with van der Waals surface area (Å²) in [5, 5.41) is 17.3. The van der Waals surface area contributed by atoms with Gasteiger partial charge in [-0.3, -0.25) is 9.78 Å². The van der Waals surface area contributed by atoms with Gasteiger partial charge in [0.2, 0.25) is 0 Å². The van der Waals surface area contributed by atoms with E-state index in [9.17, 15) is 9.90 Å². The number of pyridine rings is 1. The first-order chi connectivity index (χ1) is 14.5. The minimum Gasteiger partial charge on any atom is -0.506 e. The largest absolute Gasteiger partial charge is 0.506 e. The summed E-state index contributed by atoms with van der Waals surface area (Å²) >= 11 is 0. The number of anilines is 3. The number of carbonyl (C=O) groups is 1. The van der Waals surface area contributed by atoms with Crippen LogP contribution >= 0.6 is 0 Å². The van der Waals surface area contributed by atoms with E-state index in [1.54, 1.807) is 43.6 Å². The van der Waals surface area contributed by atoms with E-state index in [1.165, 1.54) is 0 Å². The molecule has 6 heteroatoms. The monoisotopic (exact) mass is 399 g/mol. The third-order valence-electron chi connectivity index (χ3n) is 4.79. The molecule has 0 saturated heterocycles. The molecule has 0 spiro atoms. The number of fused-ring (bicyclic) bond motifs is 1. The van der Waals surface area contributed by atoms with Crippen LogP contribution in [0, 0.1) is 6.92 Å². The molecule has 0 radical (unpaired) electrons. The van der Waals surface area contributed by atoms with Crippen molar-refractivity contribution in [3.8, 4) is 11.5 Å². The van der Waals surface area contributed by atoms with Crippen LogP contribution in [0.2, 0.25) is 0 Å². The van der Waals surface area contributed by atoms with Crippen LogP contribution < -0.4 is 15.4 Å². The van der Waals surface area contributed by atoms with Crippen LogP contribution in [0.5, 0.6) is 11.5 Å². The SMILES string of the molecule is COc1ccc2nccc(Nc3ccc(NC(=O)c4ccc(C)cc4)c(O)c3)c2c1. The molecule has 150 valence electrons. The summed E-state index contributed by atoms with van der Waals surface area (Å²) in [7, 11) is 1.62. The van der Waals surface area contributed by atoms with Gasteiger partial charge in [-0.15, -0.1) is 0 Å². The van der Waals surface area contributed by atoms with E-state index in [0.29, 0.717) is 16.9 Å². The van der Waals surface area contributed by atoms with Crippen LogP contribution in [0.1, 0.15) is 15.9 Å². The first-order valence-corrected chi connectivity index (χ1v) is 9.44. The van der Waals surface area contributed by atoms with Gasteiger partial charge in [-0.2, -0.15) is 0 Å². The molecule has 0 unspecified atom stereocenters. The molecule has 30 heavy (non-hydrogen) atoms. The number of phenols is 1. The van der Waals surface area contributed by atoms with Crippen LogP contribution in [0.25, 0.3) is 10.9 Å². The summed E-state index contributed by atoms with van der Waals surface area (Å²) in [6.07, 6.45) is 1.72. The van der Waals surface area contributed by atoms with Gasteiger partial charge >= 0.3 is 0 Å². The van der Waals surface area contributed by atoms with Gasteiger partial charge in [0.05, 0.1) is 18.3 Å². The van der Waals surface area contributed by atoms with Crippen molar-refractivity contribution in [1.29, 1.82) is 0 Å². The number of phenolic OH excluding ortho intramolecular Hbond substituents is 1. The number of rotatable bonds is 5. The van der Waals surface area contributed by atoms with Crippen molar-refractivity contribution in [2.24, 2.45) is 0 Å². The Morgan fingerprint density at radius 2 is 1.77 bits per heavy atom. The molecule has 4 aromatic rings. The zero-order valence-electron chi connectivity index (χ0n) is 16.6. The molecule has 3 N–H and O–H groups in total. The molecule has 0 atom stereocenters. The topological polar surface area (TPSA) is 83.5 Å². The average molecular weight is 399 g/mol. The molecule has 1 aromatic heterocycles. The van der Waals surface area contributed by atoms with E-state index in [1.807, 2.05) is 43.3 Å². The second-order valence-corrected chi connectivity index (χ2v) is 6.92. The minimum absolute atomic E-state index is 0.0311. The van der Waals surface area contributed by atoms with Crippen molar-refractivity contribution in [2.75, 3.05) is 17.7 Å². The van der Waals surface area contributed by atoms with Crippen molar-refractivity contribution < 1.29 is 14.6 Å². The molecule has 0 saturated carbocycles. The Hall–Kier alpha value is -4.06. The molecule has 6 nitrogen and oxygen atoms in total. The smallest absolute Gasteiger partial charge is 0.255 e. The lowest BCUT2D eigenvalue weighted by Crippen LogP contribution is -2.11. The van der Waals surface area contributed by atoms with Crippen LogP contribution in [-0.4, -0.2) is 23.1 Å². The number of benzene rings is 3. The maximum atomic E-state index is 12.4. The number of aromatic hydroxyl groups is 1. The van der Waals surface area contributed by atoms with Crippen LogP contribution in [-0.2, 0) is 0 Å². The normalized spacial score (nSPS) is 10.6. The minimum atomic E-state index is -0.279. The Balaban J connectivity index is 1.56. The van der Waals surface area contributed by atoms with Gasteiger partial charge in [0, 0.05) is 34.6 Å². The number of hydrogen-bond donors (Lipinski definition) is 3. The first kappa shape index (κ1) is 19.3. The highest BCUT2D eigenvalue weighted by Gasteiger charge is 2.10. The van der Waals surface area contributed by atoms with E-state index in [0.717, 1.165) is 27.9 Å². The zero-order chi connectivity index (χ0) is 21.1. The van der Waals surface area contributed by atoms with E-state index in [2.05, 4.69) is 15.6 Å². The lowest BCUT2D eigenvalue weighted by atomic mass is 10.1. The highest BCUT2D eigenvalue weighted by molar-refractivity contribution is 6.05. The number of aryl methyl sites for hydroxylation is 1. The predicted molar refractivity (Wildman–Crippen MR) is 119 cm³/mol. The number of hydrogen-bond acceptors (Lipinski definition) is 5. The lowest BCUT2D eigenvalue weighted by Gasteiger charge is -2.13. The van der Waals surface area contributed by atoms with E-state index < -0.39 is 0 Å². The molecule has 3 aromatic carbocycles. The van der Waals surface area contributed by atoms with Gasteiger partial charge in [0.15, 0.2) is 0 Å². The fourth-order valence-electron chi connectivity index (χ4n) is 3.13. The third kappa shape index (κ3) is 4.03. The summed E-state index contributed by atoms with van der Waals surface area (Å²) < 4.78 is 5.31. The molecule has 0 fully saturated rings. The summed E-state index contributed by atoms with van der Waals surface area (Å²) in [5.41, 5.74) is 4.27. The zero-order valence-corrected chi connectivity index (χ0v) is 16.6. The molecule has 1 heterocycles. The van der Waals surface area contributed by atoms with Gasteiger partial charge in [-0.05, 0) is 55.5 Å². The maximum Gasteiger partial charge on any atom is 0.255 e. The molecule has 0 aliphatic heterocycles. The second-order valence-electron chi connectivity index (χ2n) is 6.92. The molecule has 0 aliphatic carbocycles. The number of nitrogens with one attached hydrogen (secondary N) is 2. The summed E-state index contributed by atoms with van der Waals surface area (Å²) in [6.45, 7) is 1.96. The Morgan fingerprint density at radius 1 is 0.967 bits per heavy atom. The van der Waals surface area contributed by atoms with Crippen molar-refractivity contribution in [1.82, 2.24) is 4.98 Å². The van der Waals surface area contributed by atoms with Crippen molar-refractivity contribution in [3.63, 3.8) is 0 Å². The van der Waals surface area contributed by atoms with E-state index >= 15 is 0 Å². The standard InChI is InChI=1S/C24H21N3O3/c1-15-3-5-16(6-4-15)24(29)27-22-9-7-17(13-23(22)28)26-21-11-12-25-20-10-8-18(30-2)14-19(20)21/h3-14,28H,1-2H3,(H,25,26)(H,27,29). The number of nitrogens with zero attached hydrogens (tertiary/aromatic N) is 1.